The molecule has 90 valence electrons. The fourth-order valence-electron chi connectivity index (χ4n) is 2.71. The maximum atomic E-state index is 5.75. The molecule has 0 aliphatic carbocycles. The largest absolute Gasteiger partial charge is 0.388 e. The summed E-state index contributed by atoms with van der Waals surface area (Å²) in [4.78, 5) is 5.75. The van der Waals surface area contributed by atoms with Gasteiger partial charge < -0.3 is 10.2 Å². The quantitative estimate of drug-likeness (QED) is 0.802. The van der Waals surface area contributed by atoms with Crippen molar-refractivity contribution in [3.8, 4) is 0 Å². The van der Waals surface area contributed by atoms with Gasteiger partial charge in [0.2, 0.25) is 0 Å². The van der Waals surface area contributed by atoms with Crippen molar-refractivity contribution in [2.24, 2.45) is 5.16 Å². The number of hydrogen-bond acceptors (Lipinski definition) is 3. The minimum absolute atomic E-state index is 0.0249. The van der Waals surface area contributed by atoms with Gasteiger partial charge in [-0.3, -0.25) is 0 Å². The Bertz CT molecular complexity index is 447. The second kappa shape index (κ2) is 4.15. The molecule has 1 saturated heterocycles. The summed E-state index contributed by atoms with van der Waals surface area (Å²) in [5.41, 5.74) is 3.61. The molecule has 2 aliphatic rings. The first-order valence-corrected chi connectivity index (χ1v) is 6.31. The highest BCUT2D eigenvalue weighted by molar-refractivity contribution is 6.02. The average molecular weight is 230 g/mol. The van der Waals surface area contributed by atoms with E-state index in [2.05, 4.69) is 41.7 Å². The molecular weight excluding hydrogens is 212 g/mol. The fourth-order valence-corrected chi connectivity index (χ4v) is 2.71. The van der Waals surface area contributed by atoms with Crippen molar-refractivity contribution in [3.63, 3.8) is 0 Å². The second-order valence-corrected chi connectivity index (χ2v) is 5.05. The van der Waals surface area contributed by atoms with Crippen LogP contribution in [0.25, 0.3) is 0 Å². The van der Waals surface area contributed by atoms with Crippen LogP contribution in [0.15, 0.2) is 29.4 Å². The molecule has 1 aromatic rings. The lowest BCUT2D eigenvalue weighted by atomic mass is 9.85. The van der Waals surface area contributed by atoms with Crippen LogP contribution < -0.4 is 5.32 Å². The fraction of sp³-hybridized carbons (Fsp3) is 0.500. The lowest BCUT2D eigenvalue weighted by molar-refractivity contribution is -0.0400. The lowest BCUT2D eigenvalue weighted by Crippen LogP contribution is -2.42. The van der Waals surface area contributed by atoms with E-state index >= 15 is 0 Å². The van der Waals surface area contributed by atoms with Crippen LogP contribution >= 0.6 is 0 Å². The minimum Gasteiger partial charge on any atom is -0.388 e. The first-order valence-electron chi connectivity index (χ1n) is 6.31. The smallest absolute Gasteiger partial charge is 0.145 e. The Morgan fingerprint density at radius 1 is 1.24 bits per heavy atom. The number of hydrogen-bond donors (Lipinski definition) is 1. The van der Waals surface area contributed by atoms with Gasteiger partial charge >= 0.3 is 0 Å². The molecule has 0 saturated carbocycles. The first-order chi connectivity index (χ1) is 8.29. The van der Waals surface area contributed by atoms with Gasteiger partial charge in [-0.15, -0.1) is 0 Å². The van der Waals surface area contributed by atoms with Gasteiger partial charge in [0.1, 0.15) is 5.60 Å². The van der Waals surface area contributed by atoms with Gasteiger partial charge in [0.15, 0.2) is 0 Å². The second-order valence-electron chi connectivity index (χ2n) is 5.05. The van der Waals surface area contributed by atoms with E-state index in [1.165, 1.54) is 11.1 Å². The number of rotatable bonds is 1. The van der Waals surface area contributed by atoms with Crippen LogP contribution in [0.4, 0.5) is 0 Å². The standard InChI is InChI=1S/C14H18N2O/c1-11-4-2-3-5-12(11)13-10-14(17-16-13)6-8-15-9-7-14/h2-5,15H,6-10H2,1H3. The summed E-state index contributed by atoms with van der Waals surface area (Å²) < 4.78 is 0. The molecule has 3 heteroatoms. The van der Waals surface area contributed by atoms with Crippen LogP contribution in [0.1, 0.15) is 30.4 Å². The van der Waals surface area contributed by atoms with Crippen LogP contribution in [-0.2, 0) is 4.84 Å². The molecule has 0 aromatic heterocycles. The number of piperidine rings is 1. The van der Waals surface area contributed by atoms with Crippen molar-refractivity contribution in [3.05, 3.63) is 35.4 Å². The highest BCUT2D eigenvalue weighted by atomic mass is 16.7. The molecule has 0 radical (unpaired) electrons. The Balaban J connectivity index is 1.81. The molecule has 0 bridgehead atoms. The van der Waals surface area contributed by atoms with E-state index in [1.807, 2.05) is 0 Å². The summed E-state index contributed by atoms with van der Waals surface area (Å²) in [6.45, 7) is 4.21. The SMILES string of the molecule is Cc1ccccc1C1=NOC2(CCNCC2)C1. The summed E-state index contributed by atoms with van der Waals surface area (Å²) in [6, 6.07) is 8.40. The number of nitrogens with zero attached hydrogens (tertiary/aromatic N) is 1. The van der Waals surface area contributed by atoms with Gasteiger partial charge in [-0.2, -0.15) is 0 Å². The Labute approximate surface area is 102 Å². The van der Waals surface area contributed by atoms with Crippen LogP contribution in [0.3, 0.4) is 0 Å². The highest BCUT2D eigenvalue weighted by Gasteiger charge is 2.40. The van der Waals surface area contributed by atoms with Gasteiger partial charge in [0.05, 0.1) is 5.71 Å². The third-order valence-electron chi connectivity index (χ3n) is 3.81. The molecule has 0 unspecified atom stereocenters. The van der Waals surface area contributed by atoms with E-state index in [1.54, 1.807) is 0 Å². The maximum absolute atomic E-state index is 5.75. The summed E-state index contributed by atoms with van der Waals surface area (Å²) >= 11 is 0. The van der Waals surface area contributed by atoms with Crippen LogP contribution in [0.2, 0.25) is 0 Å². The van der Waals surface area contributed by atoms with E-state index in [0.717, 1.165) is 38.1 Å². The molecule has 0 atom stereocenters. The minimum atomic E-state index is -0.0249. The Hall–Kier alpha value is -1.35. The van der Waals surface area contributed by atoms with Gasteiger partial charge in [0, 0.05) is 24.8 Å². The molecule has 17 heavy (non-hydrogen) atoms. The molecule has 3 nitrogen and oxygen atoms in total. The van der Waals surface area contributed by atoms with E-state index in [0.29, 0.717) is 0 Å². The third-order valence-corrected chi connectivity index (χ3v) is 3.81. The van der Waals surface area contributed by atoms with Crippen molar-refractivity contribution in [1.82, 2.24) is 5.32 Å². The van der Waals surface area contributed by atoms with Crippen molar-refractivity contribution in [2.45, 2.75) is 31.8 Å². The molecule has 1 N–H and O–H groups in total. The predicted molar refractivity (Wildman–Crippen MR) is 68.3 cm³/mol. The summed E-state index contributed by atoms with van der Waals surface area (Å²) in [7, 11) is 0. The zero-order chi connectivity index (χ0) is 11.7. The summed E-state index contributed by atoms with van der Waals surface area (Å²) in [6.07, 6.45) is 3.08. The van der Waals surface area contributed by atoms with Crippen molar-refractivity contribution >= 4 is 5.71 Å². The molecule has 2 heterocycles. The van der Waals surface area contributed by atoms with Gasteiger partial charge in [-0.05, 0) is 25.6 Å². The molecule has 1 spiro atoms. The number of benzene rings is 1. The van der Waals surface area contributed by atoms with Crippen molar-refractivity contribution in [1.29, 1.82) is 0 Å². The molecule has 1 fully saturated rings. The zero-order valence-electron chi connectivity index (χ0n) is 10.2. The van der Waals surface area contributed by atoms with E-state index in [-0.39, 0.29) is 5.60 Å². The monoisotopic (exact) mass is 230 g/mol. The Kier molecular flexibility index (Phi) is 2.63. The van der Waals surface area contributed by atoms with Gasteiger partial charge in [-0.25, -0.2) is 0 Å². The third kappa shape index (κ3) is 1.95. The zero-order valence-corrected chi connectivity index (χ0v) is 10.2. The molecule has 2 aliphatic heterocycles. The Morgan fingerprint density at radius 2 is 2.00 bits per heavy atom. The van der Waals surface area contributed by atoms with Crippen LogP contribution in [0, 0.1) is 6.92 Å². The van der Waals surface area contributed by atoms with E-state index < -0.39 is 0 Å². The molecular formula is C14H18N2O. The van der Waals surface area contributed by atoms with Crippen LogP contribution in [0.5, 0.6) is 0 Å². The first kappa shape index (κ1) is 10.8. The summed E-state index contributed by atoms with van der Waals surface area (Å²) in [5.74, 6) is 0. The predicted octanol–water partition coefficient (Wildman–Crippen LogP) is 2.24. The molecule has 0 amide bonds. The van der Waals surface area contributed by atoms with Gasteiger partial charge in [0.25, 0.3) is 0 Å². The average Bonchev–Trinajstić information content (AvgIpc) is 2.74. The normalized spacial score (nSPS) is 22.3. The number of aryl methyl sites for hydroxylation is 1. The Morgan fingerprint density at radius 3 is 2.76 bits per heavy atom. The summed E-state index contributed by atoms with van der Waals surface area (Å²) in [5, 5.41) is 7.70. The number of oxime groups is 1. The number of nitrogens with one attached hydrogen (secondary N) is 1. The molecule has 1 aromatic carbocycles. The van der Waals surface area contributed by atoms with E-state index in [4.69, 9.17) is 4.84 Å². The lowest BCUT2D eigenvalue weighted by Gasteiger charge is -2.30. The van der Waals surface area contributed by atoms with Gasteiger partial charge in [-0.1, -0.05) is 29.4 Å². The maximum Gasteiger partial charge on any atom is 0.145 e. The molecule has 3 rings (SSSR count). The van der Waals surface area contributed by atoms with Crippen LogP contribution in [-0.4, -0.2) is 24.4 Å². The van der Waals surface area contributed by atoms with Crippen molar-refractivity contribution < 1.29 is 4.84 Å². The topological polar surface area (TPSA) is 33.6 Å². The van der Waals surface area contributed by atoms with E-state index in [9.17, 15) is 0 Å². The highest BCUT2D eigenvalue weighted by Crippen LogP contribution is 2.34. The van der Waals surface area contributed by atoms with Crippen molar-refractivity contribution in [2.75, 3.05) is 13.1 Å².